The van der Waals surface area contributed by atoms with E-state index in [-0.39, 0.29) is 0 Å². The van der Waals surface area contributed by atoms with Gasteiger partial charge in [0.15, 0.2) is 11.5 Å². The Morgan fingerprint density at radius 1 is 0.871 bits per heavy atom. The van der Waals surface area contributed by atoms with Crippen LogP contribution in [0, 0.1) is 0 Å². The Hall–Kier alpha value is -2.69. The fourth-order valence-corrected chi connectivity index (χ4v) is 4.13. The normalized spacial score (nSPS) is 10.8. The van der Waals surface area contributed by atoms with Gasteiger partial charge in [0, 0.05) is 27.1 Å². The second-order valence-corrected chi connectivity index (χ2v) is 8.41. The summed E-state index contributed by atoms with van der Waals surface area (Å²) < 4.78 is 12.9. The monoisotopic (exact) mass is 495 g/mol. The van der Waals surface area contributed by atoms with Crippen molar-refractivity contribution in [3.8, 4) is 11.5 Å². The summed E-state index contributed by atoms with van der Waals surface area (Å²) >= 11 is 9.78. The summed E-state index contributed by atoms with van der Waals surface area (Å²) in [6.45, 7) is 3.60. The van der Waals surface area contributed by atoms with Crippen molar-refractivity contribution in [3.05, 3.63) is 99.5 Å². The van der Waals surface area contributed by atoms with Crippen LogP contribution in [0.4, 0.5) is 5.69 Å². The average molecular weight is 497 g/mol. The fourth-order valence-electron chi connectivity index (χ4n) is 3.45. The number of anilines is 1. The zero-order valence-corrected chi connectivity index (χ0v) is 19.5. The van der Waals surface area contributed by atoms with E-state index in [1.807, 2.05) is 43.3 Å². The highest BCUT2D eigenvalue weighted by Gasteiger charge is 2.12. The lowest BCUT2D eigenvalue weighted by Gasteiger charge is -2.16. The van der Waals surface area contributed by atoms with Crippen molar-refractivity contribution in [2.45, 2.75) is 20.1 Å². The van der Waals surface area contributed by atoms with Crippen LogP contribution in [0.3, 0.4) is 0 Å². The lowest BCUT2D eigenvalue weighted by molar-refractivity contribution is 0.269. The van der Waals surface area contributed by atoms with E-state index < -0.39 is 0 Å². The van der Waals surface area contributed by atoms with Crippen LogP contribution in [0.15, 0.2) is 83.3 Å². The van der Waals surface area contributed by atoms with Gasteiger partial charge in [-0.2, -0.15) is 0 Å². The lowest BCUT2D eigenvalue weighted by Crippen LogP contribution is -2.04. The van der Waals surface area contributed by atoms with Gasteiger partial charge in [0.1, 0.15) is 6.61 Å². The average Bonchev–Trinajstić information content (AvgIpc) is 2.78. The maximum Gasteiger partial charge on any atom is 0.162 e. The van der Waals surface area contributed by atoms with E-state index in [2.05, 4.69) is 63.7 Å². The van der Waals surface area contributed by atoms with E-state index in [1.54, 1.807) is 0 Å². The van der Waals surface area contributed by atoms with Crippen molar-refractivity contribution in [2.75, 3.05) is 11.9 Å². The molecule has 4 rings (SSSR count). The highest BCUT2D eigenvalue weighted by molar-refractivity contribution is 9.10. The SMILES string of the molecule is CCOc1cc(CNc2cccc3ccccc23)c(Br)cc1OCc1cccc(Cl)c1. The minimum atomic E-state index is 0.417. The molecule has 0 bridgehead atoms. The van der Waals surface area contributed by atoms with E-state index in [0.29, 0.717) is 30.5 Å². The van der Waals surface area contributed by atoms with E-state index in [9.17, 15) is 0 Å². The molecule has 0 radical (unpaired) electrons. The number of fused-ring (bicyclic) bond motifs is 1. The topological polar surface area (TPSA) is 30.5 Å². The Kier molecular flexibility index (Phi) is 7.00. The first-order valence-corrected chi connectivity index (χ1v) is 11.3. The fraction of sp³-hybridized carbons (Fsp3) is 0.154. The molecule has 4 aromatic rings. The Labute approximate surface area is 196 Å². The Balaban J connectivity index is 1.53. The van der Waals surface area contributed by atoms with Gasteiger partial charge in [-0.3, -0.25) is 0 Å². The molecule has 0 spiro atoms. The largest absolute Gasteiger partial charge is 0.490 e. The van der Waals surface area contributed by atoms with E-state index in [4.69, 9.17) is 21.1 Å². The van der Waals surface area contributed by atoms with Crippen LogP contribution in [0.25, 0.3) is 10.8 Å². The highest BCUT2D eigenvalue weighted by Crippen LogP contribution is 2.35. The van der Waals surface area contributed by atoms with Crippen molar-refractivity contribution in [2.24, 2.45) is 0 Å². The zero-order chi connectivity index (χ0) is 21.6. The van der Waals surface area contributed by atoms with E-state index in [1.165, 1.54) is 10.8 Å². The predicted octanol–water partition coefficient (Wildman–Crippen LogP) is 7.85. The molecule has 0 aliphatic rings. The molecule has 0 saturated carbocycles. The summed E-state index contributed by atoms with van der Waals surface area (Å²) in [6.07, 6.45) is 0. The van der Waals surface area contributed by atoms with Gasteiger partial charge in [-0.15, -0.1) is 0 Å². The third-order valence-corrected chi connectivity index (χ3v) is 5.93. The molecule has 4 aromatic carbocycles. The summed E-state index contributed by atoms with van der Waals surface area (Å²) in [5.74, 6) is 1.42. The van der Waals surface area contributed by atoms with Gasteiger partial charge >= 0.3 is 0 Å². The molecule has 0 aromatic heterocycles. The molecule has 0 amide bonds. The molecular formula is C26H23BrClNO2. The Bertz CT molecular complexity index is 1190. The molecule has 1 N–H and O–H groups in total. The molecule has 0 aliphatic carbocycles. The first kappa shape index (κ1) is 21.5. The van der Waals surface area contributed by atoms with Crippen molar-refractivity contribution in [1.29, 1.82) is 0 Å². The van der Waals surface area contributed by atoms with Crippen LogP contribution < -0.4 is 14.8 Å². The summed E-state index contributed by atoms with van der Waals surface area (Å²) in [5.41, 5.74) is 3.20. The quantitative estimate of drug-likeness (QED) is 0.269. The highest BCUT2D eigenvalue weighted by atomic mass is 79.9. The molecule has 0 unspecified atom stereocenters. The van der Waals surface area contributed by atoms with Gasteiger partial charge in [-0.25, -0.2) is 0 Å². The predicted molar refractivity (Wildman–Crippen MR) is 132 cm³/mol. The first-order chi connectivity index (χ1) is 15.1. The van der Waals surface area contributed by atoms with Crippen molar-refractivity contribution >= 4 is 44.0 Å². The van der Waals surface area contributed by atoms with Gasteiger partial charge in [-0.1, -0.05) is 76.1 Å². The number of halogens is 2. The van der Waals surface area contributed by atoms with Gasteiger partial charge < -0.3 is 14.8 Å². The number of ether oxygens (including phenoxy) is 2. The van der Waals surface area contributed by atoms with Crippen LogP contribution in [0.1, 0.15) is 18.1 Å². The maximum absolute atomic E-state index is 6.08. The number of benzene rings is 4. The van der Waals surface area contributed by atoms with E-state index >= 15 is 0 Å². The first-order valence-electron chi connectivity index (χ1n) is 10.2. The number of nitrogens with one attached hydrogen (secondary N) is 1. The summed E-state index contributed by atoms with van der Waals surface area (Å²) in [7, 11) is 0. The number of rotatable bonds is 8. The van der Waals surface area contributed by atoms with E-state index in [0.717, 1.165) is 27.0 Å². The molecule has 0 atom stereocenters. The van der Waals surface area contributed by atoms with Crippen molar-refractivity contribution in [3.63, 3.8) is 0 Å². The van der Waals surface area contributed by atoms with Crippen LogP contribution in [0.5, 0.6) is 11.5 Å². The summed E-state index contributed by atoms with van der Waals surface area (Å²) in [4.78, 5) is 0. The molecule has 158 valence electrons. The molecule has 31 heavy (non-hydrogen) atoms. The Morgan fingerprint density at radius 3 is 2.48 bits per heavy atom. The molecule has 0 fully saturated rings. The van der Waals surface area contributed by atoms with Crippen LogP contribution in [-0.2, 0) is 13.2 Å². The molecule has 3 nitrogen and oxygen atoms in total. The van der Waals surface area contributed by atoms with Gasteiger partial charge in [0.2, 0.25) is 0 Å². The van der Waals surface area contributed by atoms with Gasteiger partial charge in [-0.05, 0) is 53.8 Å². The van der Waals surface area contributed by atoms with Crippen LogP contribution >= 0.6 is 27.5 Å². The number of hydrogen-bond donors (Lipinski definition) is 1. The van der Waals surface area contributed by atoms with Gasteiger partial charge in [0.25, 0.3) is 0 Å². The van der Waals surface area contributed by atoms with Crippen LogP contribution in [-0.4, -0.2) is 6.61 Å². The van der Waals surface area contributed by atoms with Crippen molar-refractivity contribution < 1.29 is 9.47 Å². The molecule has 0 heterocycles. The second-order valence-electron chi connectivity index (χ2n) is 7.12. The summed E-state index contributed by atoms with van der Waals surface area (Å²) in [5, 5.41) is 6.67. The lowest BCUT2D eigenvalue weighted by atomic mass is 10.1. The molecule has 0 aliphatic heterocycles. The minimum absolute atomic E-state index is 0.417. The van der Waals surface area contributed by atoms with Gasteiger partial charge in [0.05, 0.1) is 6.61 Å². The van der Waals surface area contributed by atoms with Crippen molar-refractivity contribution in [1.82, 2.24) is 0 Å². The third-order valence-electron chi connectivity index (χ3n) is 4.95. The molecule has 5 heteroatoms. The third kappa shape index (κ3) is 5.33. The maximum atomic E-state index is 6.08. The van der Waals surface area contributed by atoms with Crippen LogP contribution in [0.2, 0.25) is 5.02 Å². The minimum Gasteiger partial charge on any atom is -0.490 e. The molecule has 0 saturated heterocycles. The Morgan fingerprint density at radius 2 is 1.65 bits per heavy atom. The second kappa shape index (κ2) is 10.1. The number of hydrogen-bond acceptors (Lipinski definition) is 3. The summed E-state index contributed by atoms with van der Waals surface area (Å²) in [6, 6.07) is 26.3. The molecular weight excluding hydrogens is 474 g/mol. The standard InChI is InChI=1S/C26H23BrClNO2/c1-2-30-25-14-20(16-29-24-12-6-9-19-8-3-4-11-22(19)24)23(27)15-26(25)31-17-18-7-5-10-21(28)13-18/h3-15,29H,2,16-17H2,1H3. The smallest absolute Gasteiger partial charge is 0.162 e. The zero-order valence-electron chi connectivity index (χ0n) is 17.2.